The van der Waals surface area contributed by atoms with Crippen molar-refractivity contribution in [2.45, 2.75) is 45.7 Å². The second-order valence-electron chi connectivity index (χ2n) is 5.69. The van der Waals surface area contributed by atoms with E-state index < -0.39 is 29.4 Å². The summed E-state index contributed by atoms with van der Waals surface area (Å²) in [7, 11) is 0. The Bertz CT molecular complexity index is 544. The zero-order chi connectivity index (χ0) is 16.2. The zero-order valence-electron chi connectivity index (χ0n) is 12.4. The Morgan fingerprint density at radius 3 is 2.43 bits per heavy atom. The van der Waals surface area contributed by atoms with Crippen LogP contribution >= 0.6 is 0 Å². The first kappa shape index (κ1) is 16.7. The Morgan fingerprint density at radius 1 is 1.38 bits per heavy atom. The van der Waals surface area contributed by atoms with Crippen molar-refractivity contribution < 1.29 is 24.0 Å². The van der Waals surface area contributed by atoms with Crippen LogP contribution in [0.4, 0.5) is 0 Å². The first-order valence-electron chi connectivity index (χ1n) is 6.36. The van der Waals surface area contributed by atoms with Gasteiger partial charge in [0, 0.05) is 11.6 Å². The molecule has 116 valence electrons. The molecule has 0 aliphatic rings. The summed E-state index contributed by atoms with van der Waals surface area (Å²) in [6.07, 6.45) is -0.366. The van der Waals surface area contributed by atoms with Gasteiger partial charge in [-0.1, -0.05) is 5.16 Å². The first-order chi connectivity index (χ1) is 9.58. The Labute approximate surface area is 121 Å². The van der Waals surface area contributed by atoms with Gasteiger partial charge in [0.1, 0.15) is 11.8 Å². The van der Waals surface area contributed by atoms with Gasteiger partial charge in [0.25, 0.3) is 5.91 Å². The average Bonchev–Trinajstić information content (AvgIpc) is 2.72. The van der Waals surface area contributed by atoms with E-state index in [0.29, 0.717) is 5.76 Å². The predicted octanol–water partition coefficient (Wildman–Crippen LogP) is 0.471. The van der Waals surface area contributed by atoms with E-state index in [1.165, 1.54) is 6.07 Å². The lowest BCUT2D eigenvalue weighted by atomic mass is 10.1. The molecule has 8 nitrogen and oxygen atoms in total. The fourth-order valence-electron chi connectivity index (χ4n) is 1.56. The van der Waals surface area contributed by atoms with Gasteiger partial charge in [0.2, 0.25) is 5.91 Å². The molecule has 21 heavy (non-hydrogen) atoms. The summed E-state index contributed by atoms with van der Waals surface area (Å²) in [5, 5.41) is 17.4. The van der Waals surface area contributed by atoms with Gasteiger partial charge >= 0.3 is 5.97 Å². The molecule has 0 bridgehead atoms. The molecule has 1 heterocycles. The van der Waals surface area contributed by atoms with Crippen LogP contribution in [0.15, 0.2) is 10.6 Å². The summed E-state index contributed by atoms with van der Waals surface area (Å²) < 4.78 is 4.74. The number of carbonyl (C=O) groups is 3. The number of nitrogens with zero attached hydrogens (tertiary/aromatic N) is 1. The highest BCUT2D eigenvalue weighted by Gasteiger charge is 2.26. The lowest BCUT2D eigenvalue weighted by Crippen LogP contribution is -2.47. The number of nitrogens with one attached hydrogen (secondary N) is 2. The summed E-state index contributed by atoms with van der Waals surface area (Å²) in [4.78, 5) is 34.7. The molecule has 2 amide bonds. The van der Waals surface area contributed by atoms with Crippen LogP contribution in [0.2, 0.25) is 0 Å². The molecule has 1 atom stereocenters. The van der Waals surface area contributed by atoms with Crippen LogP contribution in [0.1, 0.15) is 43.4 Å². The average molecular weight is 297 g/mol. The van der Waals surface area contributed by atoms with Gasteiger partial charge < -0.3 is 20.3 Å². The van der Waals surface area contributed by atoms with Crippen molar-refractivity contribution in [3.05, 3.63) is 17.5 Å². The van der Waals surface area contributed by atoms with Crippen LogP contribution in [-0.2, 0) is 9.59 Å². The molecule has 0 unspecified atom stereocenters. The number of carboxylic acids is 1. The van der Waals surface area contributed by atoms with Crippen molar-refractivity contribution in [1.29, 1.82) is 0 Å². The normalized spacial score (nSPS) is 12.6. The van der Waals surface area contributed by atoms with Crippen LogP contribution in [0.3, 0.4) is 0 Å². The van der Waals surface area contributed by atoms with Crippen molar-refractivity contribution in [3.63, 3.8) is 0 Å². The fourth-order valence-corrected chi connectivity index (χ4v) is 1.56. The Hall–Kier alpha value is -2.38. The van der Waals surface area contributed by atoms with E-state index >= 15 is 0 Å². The van der Waals surface area contributed by atoms with Gasteiger partial charge in [0.05, 0.1) is 6.42 Å². The molecular weight excluding hydrogens is 278 g/mol. The number of amides is 2. The maximum atomic E-state index is 11.8. The maximum Gasteiger partial charge on any atom is 0.326 e. The van der Waals surface area contributed by atoms with E-state index in [0.717, 1.165) is 0 Å². The second kappa shape index (κ2) is 6.38. The van der Waals surface area contributed by atoms with Gasteiger partial charge in [-0.2, -0.15) is 0 Å². The highest BCUT2D eigenvalue weighted by molar-refractivity contribution is 5.96. The third kappa shape index (κ3) is 5.64. The van der Waals surface area contributed by atoms with Crippen molar-refractivity contribution in [2.75, 3.05) is 0 Å². The molecule has 1 rings (SSSR count). The summed E-state index contributed by atoms with van der Waals surface area (Å²) in [6, 6.07) is 0.0422. The van der Waals surface area contributed by atoms with Crippen LogP contribution in [-0.4, -0.2) is 39.6 Å². The van der Waals surface area contributed by atoms with E-state index in [9.17, 15) is 14.4 Å². The maximum absolute atomic E-state index is 11.8. The lowest BCUT2D eigenvalue weighted by Gasteiger charge is -2.22. The highest BCUT2D eigenvalue weighted by Crippen LogP contribution is 2.04. The molecule has 0 aliphatic heterocycles. The molecule has 0 saturated carbocycles. The van der Waals surface area contributed by atoms with Gasteiger partial charge in [-0.3, -0.25) is 9.59 Å². The summed E-state index contributed by atoms with van der Waals surface area (Å²) in [5.41, 5.74) is -0.511. The largest absolute Gasteiger partial charge is 0.480 e. The number of hydrogen-bond donors (Lipinski definition) is 3. The third-order valence-electron chi connectivity index (χ3n) is 2.37. The summed E-state index contributed by atoms with van der Waals surface area (Å²) >= 11 is 0. The van der Waals surface area contributed by atoms with Gasteiger partial charge in [-0.15, -0.1) is 0 Å². The van der Waals surface area contributed by atoms with E-state index in [4.69, 9.17) is 9.63 Å². The summed E-state index contributed by atoms with van der Waals surface area (Å²) in [6.45, 7) is 6.93. The van der Waals surface area contributed by atoms with Crippen LogP contribution in [0, 0.1) is 6.92 Å². The Kier molecular flexibility index (Phi) is 5.07. The molecule has 0 aliphatic carbocycles. The lowest BCUT2D eigenvalue weighted by molar-refractivity contribution is -0.141. The van der Waals surface area contributed by atoms with Gasteiger partial charge in [-0.25, -0.2) is 4.79 Å². The highest BCUT2D eigenvalue weighted by atomic mass is 16.5. The predicted molar refractivity (Wildman–Crippen MR) is 72.6 cm³/mol. The number of aliphatic carboxylic acids is 1. The SMILES string of the molecule is Cc1cc(C(=O)N[C@@H](CC(=O)NC(C)(C)C)C(=O)O)no1. The van der Waals surface area contributed by atoms with E-state index in [1.807, 2.05) is 0 Å². The van der Waals surface area contributed by atoms with E-state index in [-0.39, 0.29) is 12.1 Å². The number of hydrogen-bond acceptors (Lipinski definition) is 5. The number of rotatable bonds is 5. The number of carboxylic acid groups (broad SMARTS) is 1. The molecule has 1 aromatic heterocycles. The van der Waals surface area contributed by atoms with Crippen LogP contribution < -0.4 is 10.6 Å². The minimum absolute atomic E-state index is 0.0324. The number of carbonyl (C=O) groups excluding carboxylic acids is 2. The monoisotopic (exact) mass is 297 g/mol. The quantitative estimate of drug-likeness (QED) is 0.726. The third-order valence-corrected chi connectivity index (χ3v) is 2.37. The smallest absolute Gasteiger partial charge is 0.326 e. The van der Waals surface area contributed by atoms with Gasteiger partial charge in [0.15, 0.2) is 5.69 Å². The summed E-state index contributed by atoms with van der Waals surface area (Å²) in [5.74, 6) is -2.04. The molecule has 8 heteroatoms. The molecule has 0 spiro atoms. The molecule has 0 fully saturated rings. The van der Waals surface area contributed by atoms with Crippen molar-refractivity contribution in [3.8, 4) is 0 Å². The standard InChI is InChI=1S/C13H19N3O5/c1-7-5-8(16-21-7)11(18)14-9(12(19)20)6-10(17)15-13(2,3)4/h5,9H,6H2,1-4H3,(H,14,18)(H,15,17)(H,19,20)/t9-/m0/s1. The second-order valence-corrected chi connectivity index (χ2v) is 5.69. The molecule has 1 aromatic rings. The van der Waals surface area contributed by atoms with Crippen molar-refractivity contribution >= 4 is 17.8 Å². The molecule has 0 saturated heterocycles. The number of aryl methyl sites for hydroxylation is 1. The molecule has 0 aromatic carbocycles. The minimum atomic E-state index is -1.34. The number of aromatic nitrogens is 1. The topological polar surface area (TPSA) is 122 Å². The minimum Gasteiger partial charge on any atom is -0.480 e. The van der Waals surface area contributed by atoms with E-state index in [1.54, 1.807) is 27.7 Å². The first-order valence-corrected chi connectivity index (χ1v) is 6.36. The molecule has 0 radical (unpaired) electrons. The van der Waals surface area contributed by atoms with Crippen LogP contribution in [0.25, 0.3) is 0 Å². The van der Waals surface area contributed by atoms with Crippen molar-refractivity contribution in [2.24, 2.45) is 0 Å². The van der Waals surface area contributed by atoms with E-state index in [2.05, 4.69) is 15.8 Å². The Morgan fingerprint density at radius 2 is 2.00 bits per heavy atom. The van der Waals surface area contributed by atoms with Crippen LogP contribution in [0.5, 0.6) is 0 Å². The fraction of sp³-hybridized carbons (Fsp3) is 0.538. The molecular formula is C13H19N3O5. The van der Waals surface area contributed by atoms with Crippen molar-refractivity contribution in [1.82, 2.24) is 15.8 Å². The Balaban J connectivity index is 2.68. The molecule has 3 N–H and O–H groups in total. The van der Waals surface area contributed by atoms with Gasteiger partial charge in [-0.05, 0) is 27.7 Å². The zero-order valence-corrected chi connectivity index (χ0v) is 12.4.